The highest BCUT2D eigenvalue weighted by Gasteiger charge is 2.37. The van der Waals surface area contributed by atoms with Gasteiger partial charge in [0.1, 0.15) is 0 Å². The third-order valence-electron chi connectivity index (χ3n) is 5.26. The van der Waals surface area contributed by atoms with E-state index in [0.717, 1.165) is 42.6 Å². The number of pyridine rings is 1. The second-order valence-corrected chi connectivity index (χ2v) is 7.56. The van der Waals surface area contributed by atoms with Crippen molar-refractivity contribution in [3.8, 4) is 0 Å². The van der Waals surface area contributed by atoms with Crippen molar-refractivity contribution in [3.05, 3.63) is 94.3 Å². The van der Waals surface area contributed by atoms with Gasteiger partial charge in [0.05, 0.1) is 29.3 Å². The number of nitrogens with one attached hydrogen (secondary N) is 2. The lowest BCUT2D eigenvalue weighted by atomic mass is 9.97. The summed E-state index contributed by atoms with van der Waals surface area (Å²) >= 11 is 0. The minimum absolute atomic E-state index is 0.0245. The number of carbonyl (C=O) groups excluding carboxylic acids is 2. The van der Waals surface area contributed by atoms with E-state index in [1.165, 1.54) is 18.2 Å². The average Bonchev–Trinajstić information content (AvgIpc) is 3.15. The molecule has 4 rings (SSSR count). The maximum atomic E-state index is 13.7. The Balaban J connectivity index is 1.74. The molecule has 176 valence electrons. The molecule has 1 aromatic heterocycles. The van der Waals surface area contributed by atoms with Crippen LogP contribution >= 0.6 is 0 Å². The van der Waals surface area contributed by atoms with E-state index < -0.39 is 41.1 Å². The van der Waals surface area contributed by atoms with E-state index in [2.05, 4.69) is 15.6 Å². The van der Waals surface area contributed by atoms with Crippen LogP contribution in [0.25, 0.3) is 0 Å². The van der Waals surface area contributed by atoms with Crippen LogP contribution in [0, 0.1) is 0 Å². The van der Waals surface area contributed by atoms with Gasteiger partial charge in [-0.15, -0.1) is 0 Å². The van der Waals surface area contributed by atoms with E-state index in [1.54, 1.807) is 0 Å². The van der Waals surface area contributed by atoms with Gasteiger partial charge in [-0.25, -0.2) is 0 Å². The second kappa shape index (κ2) is 8.47. The summed E-state index contributed by atoms with van der Waals surface area (Å²) in [5.41, 5.74) is -1.60. The zero-order valence-electron chi connectivity index (χ0n) is 17.1. The van der Waals surface area contributed by atoms with Gasteiger partial charge in [-0.05, 0) is 53.6 Å². The van der Waals surface area contributed by atoms with E-state index in [0.29, 0.717) is 11.3 Å². The fourth-order valence-electron chi connectivity index (χ4n) is 3.65. The molecule has 0 saturated carbocycles. The molecule has 1 aliphatic heterocycles. The predicted octanol–water partition coefficient (Wildman–Crippen LogP) is 5.13. The number of halogens is 6. The highest BCUT2D eigenvalue weighted by atomic mass is 19.4. The molecule has 11 heteroatoms. The molecule has 0 unspecified atom stereocenters. The molecule has 34 heavy (non-hydrogen) atoms. The zero-order chi connectivity index (χ0) is 24.7. The number of carbonyl (C=O) groups is 2. The lowest BCUT2D eigenvalue weighted by Crippen LogP contribution is -2.31. The number of rotatable bonds is 4. The number of nitrogens with zero attached hydrogens (tertiary/aromatic N) is 1. The van der Waals surface area contributed by atoms with E-state index in [1.807, 2.05) is 0 Å². The molecule has 5 nitrogen and oxygen atoms in total. The largest absolute Gasteiger partial charge is 0.418 e. The fourth-order valence-corrected chi connectivity index (χ4v) is 3.65. The molecule has 0 spiro atoms. The number of hydrogen-bond acceptors (Lipinski definition) is 3. The predicted molar refractivity (Wildman–Crippen MR) is 109 cm³/mol. The van der Waals surface area contributed by atoms with Crippen molar-refractivity contribution in [1.29, 1.82) is 0 Å². The Morgan fingerprint density at radius 2 is 1.68 bits per heavy atom. The summed E-state index contributed by atoms with van der Waals surface area (Å²) < 4.78 is 79.9. The number of fused-ring (bicyclic) bond motifs is 1. The van der Waals surface area contributed by atoms with Gasteiger partial charge in [0, 0.05) is 17.4 Å². The summed E-state index contributed by atoms with van der Waals surface area (Å²) in [5.74, 6) is -1.05. The second-order valence-electron chi connectivity index (χ2n) is 7.56. The highest BCUT2D eigenvalue weighted by molar-refractivity contribution is 6.01. The van der Waals surface area contributed by atoms with Crippen LogP contribution in [-0.2, 0) is 23.6 Å². The Hall–Kier alpha value is -3.89. The Labute approximate surface area is 188 Å². The number of anilines is 1. The van der Waals surface area contributed by atoms with Crippen molar-refractivity contribution in [2.75, 3.05) is 5.32 Å². The lowest BCUT2D eigenvalue weighted by Gasteiger charge is -2.23. The molecule has 2 amide bonds. The summed E-state index contributed by atoms with van der Waals surface area (Å²) in [4.78, 5) is 28.3. The standard InChI is InChI=1S/C23H15F6N3O2/c24-22(25,26)15-6-3-12(4-7-15)19(20-16(23(27,28)29)2-1-9-30-20)32-21(34)13-5-8-17-14(10-13)11-18(33)31-17/h1-10,19H,11H2,(H,31,33)(H,32,34)/t19-/m0/s1. The quantitative estimate of drug-likeness (QED) is 0.510. The normalized spacial score (nSPS) is 14.4. The monoisotopic (exact) mass is 479 g/mol. The molecule has 1 atom stereocenters. The van der Waals surface area contributed by atoms with Crippen molar-refractivity contribution in [2.45, 2.75) is 24.8 Å². The first kappa shape index (κ1) is 23.3. The molecule has 0 fully saturated rings. The van der Waals surface area contributed by atoms with Crippen LogP contribution in [0.3, 0.4) is 0 Å². The third-order valence-corrected chi connectivity index (χ3v) is 5.26. The van der Waals surface area contributed by atoms with Crippen LogP contribution in [-0.4, -0.2) is 16.8 Å². The van der Waals surface area contributed by atoms with Gasteiger partial charge < -0.3 is 10.6 Å². The van der Waals surface area contributed by atoms with Gasteiger partial charge in [0.2, 0.25) is 5.91 Å². The average molecular weight is 479 g/mol. The number of aromatic nitrogens is 1. The maximum Gasteiger partial charge on any atom is 0.418 e. The molecule has 0 radical (unpaired) electrons. The summed E-state index contributed by atoms with van der Waals surface area (Å²) in [5, 5.41) is 5.05. The van der Waals surface area contributed by atoms with Crippen molar-refractivity contribution >= 4 is 17.5 Å². The van der Waals surface area contributed by atoms with Crippen LogP contribution < -0.4 is 10.6 Å². The summed E-state index contributed by atoms with van der Waals surface area (Å²) in [7, 11) is 0. The molecule has 2 N–H and O–H groups in total. The van der Waals surface area contributed by atoms with Crippen LogP contribution in [0.2, 0.25) is 0 Å². The SMILES string of the molecule is O=C1Cc2cc(C(=O)N[C@@H](c3ccc(C(F)(F)F)cc3)c3ncccc3C(F)(F)F)ccc2N1. The Kier molecular flexibility index (Phi) is 5.80. The molecule has 2 aromatic carbocycles. The topological polar surface area (TPSA) is 71.1 Å². The number of alkyl halides is 6. The molecule has 3 aromatic rings. The van der Waals surface area contributed by atoms with Gasteiger partial charge in [0.15, 0.2) is 0 Å². The molecule has 1 aliphatic rings. The van der Waals surface area contributed by atoms with Gasteiger partial charge in [0.25, 0.3) is 5.91 Å². The zero-order valence-corrected chi connectivity index (χ0v) is 17.1. The minimum atomic E-state index is -4.82. The molecule has 0 aliphatic carbocycles. The van der Waals surface area contributed by atoms with Crippen molar-refractivity contribution in [1.82, 2.24) is 10.3 Å². The fraction of sp³-hybridized carbons (Fsp3) is 0.174. The Bertz CT molecular complexity index is 1250. The third kappa shape index (κ3) is 4.73. The Morgan fingerprint density at radius 3 is 2.32 bits per heavy atom. The van der Waals surface area contributed by atoms with Crippen LogP contribution in [0.15, 0.2) is 60.8 Å². The molecular weight excluding hydrogens is 464 g/mol. The van der Waals surface area contributed by atoms with Gasteiger partial charge in [-0.2, -0.15) is 26.3 Å². The molecule has 0 bridgehead atoms. The highest BCUT2D eigenvalue weighted by Crippen LogP contribution is 2.37. The van der Waals surface area contributed by atoms with Crippen molar-refractivity contribution < 1.29 is 35.9 Å². The smallest absolute Gasteiger partial charge is 0.340 e. The van der Waals surface area contributed by atoms with Crippen LogP contribution in [0.1, 0.15) is 44.3 Å². The van der Waals surface area contributed by atoms with E-state index in [9.17, 15) is 35.9 Å². The van der Waals surface area contributed by atoms with Crippen molar-refractivity contribution in [3.63, 3.8) is 0 Å². The van der Waals surface area contributed by atoms with Gasteiger partial charge in [-0.1, -0.05) is 12.1 Å². The minimum Gasteiger partial charge on any atom is -0.340 e. The maximum absolute atomic E-state index is 13.7. The Morgan fingerprint density at radius 1 is 0.971 bits per heavy atom. The van der Waals surface area contributed by atoms with E-state index in [-0.39, 0.29) is 23.5 Å². The van der Waals surface area contributed by atoms with E-state index >= 15 is 0 Å². The van der Waals surface area contributed by atoms with Crippen LogP contribution in [0.5, 0.6) is 0 Å². The first-order valence-electron chi connectivity index (χ1n) is 9.86. The van der Waals surface area contributed by atoms with Crippen molar-refractivity contribution in [2.24, 2.45) is 0 Å². The molecular formula is C23H15F6N3O2. The number of amides is 2. The lowest BCUT2D eigenvalue weighted by molar-refractivity contribution is -0.139. The molecule has 0 saturated heterocycles. The van der Waals surface area contributed by atoms with Gasteiger partial charge >= 0.3 is 12.4 Å². The van der Waals surface area contributed by atoms with Gasteiger partial charge in [-0.3, -0.25) is 14.6 Å². The van der Waals surface area contributed by atoms with Crippen LogP contribution in [0.4, 0.5) is 32.0 Å². The van der Waals surface area contributed by atoms with E-state index in [4.69, 9.17) is 0 Å². The summed E-state index contributed by atoms with van der Waals surface area (Å²) in [6.07, 6.45) is -8.33. The summed E-state index contributed by atoms with van der Waals surface area (Å²) in [6, 6.07) is 8.07. The molecule has 2 heterocycles. The first-order chi connectivity index (χ1) is 15.9. The number of hydrogen-bond donors (Lipinski definition) is 2. The first-order valence-corrected chi connectivity index (χ1v) is 9.86. The summed E-state index contributed by atoms with van der Waals surface area (Å²) in [6.45, 7) is 0. The number of benzene rings is 2.